The van der Waals surface area contributed by atoms with Crippen LogP contribution in [0.2, 0.25) is 5.02 Å². The molecule has 2 N–H and O–H groups in total. The van der Waals surface area contributed by atoms with Crippen molar-refractivity contribution in [3.8, 4) is 0 Å². The summed E-state index contributed by atoms with van der Waals surface area (Å²) >= 11 is 5.91. The maximum absolute atomic E-state index is 5.91. The predicted octanol–water partition coefficient (Wildman–Crippen LogP) is 3.31. The van der Waals surface area contributed by atoms with Crippen molar-refractivity contribution in [2.24, 2.45) is 4.99 Å². The fourth-order valence-corrected chi connectivity index (χ4v) is 2.64. The quantitative estimate of drug-likeness (QED) is 0.589. The van der Waals surface area contributed by atoms with Crippen LogP contribution in [0.4, 0.5) is 0 Å². The van der Waals surface area contributed by atoms with Crippen LogP contribution < -0.4 is 10.6 Å². The monoisotopic (exact) mass is 358 g/mol. The summed E-state index contributed by atoms with van der Waals surface area (Å²) in [5.41, 5.74) is 3.81. The maximum Gasteiger partial charge on any atom is 0.191 e. The Morgan fingerprint density at radius 3 is 2.12 bits per heavy atom. The number of nitrogens with zero attached hydrogens (tertiary/aromatic N) is 2. The van der Waals surface area contributed by atoms with Gasteiger partial charge in [0, 0.05) is 31.7 Å². The highest BCUT2D eigenvalue weighted by atomic mass is 35.5. The summed E-state index contributed by atoms with van der Waals surface area (Å²) in [4.78, 5) is 6.44. The SMILES string of the molecule is CN=C(NCCc1ccc(Cl)cc1)NCc1ccc(CN(C)C)cc1. The molecule has 0 fully saturated rings. The highest BCUT2D eigenvalue weighted by molar-refractivity contribution is 6.30. The van der Waals surface area contributed by atoms with Crippen molar-refractivity contribution in [1.29, 1.82) is 0 Å². The zero-order valence-corrected chi connectivity index (χ0v) is 16.0. The van der Waals surface area contributed by atoms with Gasteiger partial charge in [0.1, 0.15) is 0 Å². The molecule has 0 aliphatic carbocycles. The molecule has 0 aromatic heterocycles. The fourth-order valence-electron chi connectivity index (χ4n) is 2.51. The molecule has 2 aromatic carbocycles. The molecular formula is C20H27ClN4. The Bertz CT molecular complexity index is 663. The molecular weight excluding hydrogens is 332 g/mol. The van der Waals surface area contributed by atoms with Crippen LogP contribution in [0.15, 0.2) is 53.5 Å². The minimum absolute atomic E-state index is 0.753. The molecule has 2 aromatic rings. The molecule has 4 nitrogen and oxygen atoms in total. The summed E-state index contributed by atoms with van der Waals surface area (Å²) in [5.74, 6) is 0.811. The van der Waals surface area contributed by atoms with Gasteiger partial charge in [0.05, 0.1) is 0 Å². The topological polar surface area (TPSA) is 39.7 Å². The molecule has 0 aliphatic rings. The summed E-state index contributed by atoms with van der Waals surface area (Å²) < 4.78 is 0. The number of aliphatic imine (C=N–C) groups is 1. The molecule has 0 saturated carbocycles. The molecule has 0 unspecified atom stereocenters. The molecule has 0 bridgehead atoms. The van der Waals surface area contributed by atoms with E-state index in [2.05, 4.69) is 71.0 Å². The van der Waals surface area contributed by atoms with E-state index in [9.17, 15) is 0 Å². The van der Waals surface area contributed by atoms with Gasteiger partial charge in [-0.15, -0.1) is 0 Å². The van der Waals surface area contributed by atoms with Crippen molar-refractivity contribution in [2.45, 2.75) is 19.5 Å². The van der Waals surface area contributed by atoms with Crippen LogP contribution in [0.1, 0.15) is 16.7 Å². The summed E-state index contributed by atoms with van der Waals surface area (Å²) in [6.07, 6.45) is 0.928. The van der Waals surface area contributed by atoms with E-state index in [4.69, 9.17) is 11.6 Å². The summed E-state index contributed by atoms with van der Waals surface area (Å²) in [6, 6.07) is 16.6. The van der Waals surface area contributed by atoms with Crippen LogP contribution >= 0.6 is 11.6 Å². The van der Waals surface area contributed by atoms with E-state index < -0.39 is 0 Å². The van der Waals surface area contributed by atoms with Gasteiger partial charge in [-0.3, -0.25) is 4.99 Å². The van der Waals surface area contributed by atoms with E-state index in [0.717, 1.165) is 37.0 Å². The first kappa shape index (κ1) is 19.3. The Labute approximate surface area is 155 Å². The van der Waals surface area contributed by atoms with E-state index in [1.54, 1.807) is 7.05 Å². The first-order valence-corrected chi connectivity index (χ1v) is 8.86. The van der Waals surface area contributed by atoms with Gasteiger partial charge < -0.3 is 15.5 Å². The molecule has 0 spiro atoms. The van der Waals surface area contributed by atoms with Crippen LogP contribution in [-0.2, 0) is 19.5 Å². The Morgan fingerprint density at radius 1 is 0.920 bits per heavy atom. The molecule has 0 saturated heterocycles. The van der Waals surface area contributed by atoms with Crippen LogP contribution in [0.5, 0.6) is 0 Å². The third kappa shape index (κ3) is 7.16. The van der Waals surface area contributed by atoms with Crippen LogP contribution in [0.3, 0.4) is 0 Å². The number of hydrogen-bond donors (Lipinski definition) is 2. The van der Waals surface area contributed by atoms with Gasteiger partial charge in [-0.25, -0.2) is 0 Å². The normalized spacial score (nSPS) is 11.6. The van der Waals surface area contributed by atoms with Crippen molar-refractivity contribution >= 4 is 17.6 Å². The summed E-state index contributed by atoms with van der Waals surface area (Å²) in [5, 5.41) is 7.46. The Balaban J connectivity index is 1.75. The van der Waals surface area contributed by atoms with Gasteiger partial charge >= 0.3 is 0 Å². The van der Waals surface area contributed by atoms with Crippen molar-refractivity contribution in [2.75, 3.05) is 27.7 Å². The fraction of sp³-hybridized carbons (Fsp3) is 0.350. The van der Waals surface area contributed by atoms with E-state index in [1.807, 2.05) is 12.1 Å². The minimum Gasteiger partial charge on any atom is -0.356 e. The van der Waals surface area contributed by atoms with E-state index in [1.165, 1.54) is 16.7 Å². The smallest absolute Gasteiger partial charge is 0.191 e. The van der Waals surface area contributed by atoms with Gasteiger partial charge in [0.25, 0.3) is 0 Å². The molecule has 5 heteroatoms. The van der Waals surface area contributed by atoms with Crippen molar-refractivity contribution < 1.29 is 0 Å². The van der Waals surface area contributed by atoms with E-state index in [-0.39, 0.29) is 0 Å². The molecule has 0 atom stereocenters. The molecule has 25 heavy (non-hydrogen) atoms. The van der Waals surface area contributed by atoms with Gasteiger partial charge in [0.2, 0.25) is 0 Å². The number of benzene rings is 2. The highest BCUT2D eigenvalue weighted by Gasteiger charge is 2.00. The van der Waals surface area contributed by atoms with Crippen molar-refractivity contribution in [3.63, 3.8) is 0 Å². The zero-order chi connectivity index (χ0) is 18.1. The number of hydrogen-bond acceptors (Lipinski definition) is 2. The maximum atomic E-state index is 5.91. The lowest BCUT2D eigenvalue weighted by Gasteiger charge is -2.13. The Hall–Kier alpha value is -2.04. The highest BCUT2D eigenvalue weighted by Crippen LogP contribution is 2.09. The lowest BCUT2D eigenvalue weighted by Crippen LogP contribution is -2.37. The summed E-state index contributed by atoms with van der Waals surface area (Å²) in [7, 11) is 5.95. The van der Waals surface area contributed by atoms with Crippen LogP contribution in [-0.4, -0.2) is 38.5 Å². The largest absolute Gasteiger partial charge is 0.356 e. The Morgan fingerprint density at radius 2 is 1.52 bits per heavy atom. The second-order valence-corrected chi connectivity index (χ2v) is 6.72. The van der Waals surface area contributed by atoms with Gasteiger partial charge in [-0.1, -0.05) is 48.0 Å². The number of guanidine groups is 1. The molecule has 0 amide bonds. The second kappa shape index (κ2) is 10.1. The van der Waals surface area contributed by atoms with Gasteiger partial charge in [-0.2, -0.15) is 0 Å². The minimum atomic E-state index is 0.753. The summed E-state index contributed by atoms with van der Waals surface area (Å²) in [6.45, 7) is 2.54. The average Bonchev–Trinajstić information content (AvgIpc) is 2.60. The van der Waals surface area contributed by atoms with Gasteiger partial charge in [0.15, 0.2) is 5.96 Å². The molecule has 2 rings (SSSR count). The van der Waals surface area contributed by atoms with Gasteiger partial charge in [-0.05, 0) is 49.3 Å². The first-order valence-electron chi connectivity index (χ1n) is 8.48. The third-order valence-corrected chi connectivity index (χ3v) is 4.08. The van der Waals surface area contributed by atoms with Crippen molar-refractivity contribution in [1.82, 2.24) is 15.5 Å². The molecule has 0 heterocycles. The van der Waals surface area contributed by atoms with E-state index >= 15 is 0 Å². The third-order valence-electron chi connectivity index (χ3n) is 3.82. The Kier molecular flexibility index (Phi) is 7.76. The van der Waals surface area contributed by atoms with Crippen LogP contribution in [0.25, 0.3) is 0 Å². The van der Waals surface area contributed by atoms with Crippen LogP contribution in [0, 0.1) is 0 Å². The lowest BCUT2D eigenvalue weighted by molar-refractivity contribution is 0.402. The first-order chi connectivity index (χ1) is 12.1. The molecule has 134 valence electrons. The predicted molar refractivity (Wildman–Crippen MR) is 107 cm³/mol. The number of rotatable bonds is 7. The number of nitrogens with one attached hydrogen (secondary N) is 2. The van der Waals surface area contributed by atoms with E-state index in [0.29, 0.717) is 0 Å². The lowest BCUT2D eigenvalue weighted by atomic mass is 10.1. The second-order valence-electron chi connectivity index (χ2n) is 6.28. The van der Waals surface area contributed by atoms with Crippen molar-refractivity contribution in [3.05, 3.63) is 70.2 Å². The number of halogens is 1. The molecule has 0 aliphatic heterocycles. The zero-order valence-electron chi connectivity index (χ0n) is 15.2. The standard InChI is InChI=1S/C20H27ClN4/c1-22-20(23-13-12-16-8-10-19(21)11-9-16)24-14-17-4-6-18(7-5-17)15-25(2)3/h4-11H,12-15H2,1-3H3,(H2,22,23,24). The molecule has 0 radical (unpaired) electrons. The average molecular weight is 359 g/mol.